The van der Waals surface area contributed by atoms with E-state index in [1.807, 2.05) is 17.9 Å². The lowest BCUT2D eigenvalue weighted by Gasteiger charge is -2.32. The summed E-state index contributed by atoms with van der Waals surface area (Å²) in [7, 11) is 1.95. The van der Waals surface area contributed by atoms with Gasteiger partial charge in [0.2, 0.25) is 5.91 Å². The molecule has 2 unspecified atom stereocenters. The molecule has 130 valence electrons. The van der Waals surface area contributed by atoms with E-state index in [2.05, 4.69) is 26.8 Å². The van der Waals surface area contributed by atoms with E-state index in [9.17, 15) is 4.79 Å². The molecule has 2 saturated heterocycles. The summed E-state index contributed by atoms with van der Waals surface area (Å²) in [6.45, 7) is 4.94. The smallest absolute Gasteiger partial charge is 0.237 e. The van der Waals surface area contributed by atoms with Crippen molar-refractivity contribution in [1.82, 2.24) is 25.3 Å². The molecule has 1 amide bonds. The summed E-state index contributed by atoms with van der Waals surface area (Å²) in [6, 6.07) is 0.0371. The molecule has 0 bridgehead atoms. The second-order valence-corrected chi connectivity index (χ2v) is 6.66. The molecule has 2 atom stereocenters. The van der Waals surface area contributed by atoms with Gasteiger partial charge in [-0.15, -0.1) is 12.4 Å². The van der Waals surface area contributed by atoms with Gasteiger partial charge in [-0.2, -0.15) is 5.10 Å². The number of rotatable bonds is 5. The summed E-state index contributed by atoms with van der Waals surface area (Å²) in [5.41, 5.74) is 1.27. The Kier molecular flexibility index (Phi) is 6.87. The van der Waals surface area contributed by atoms with Crippen molar-refractivity contribution >= 4 is 18.3 Å². The lowest BCUT2D eigenvalue weighted by Crippen LogP contribution is -2.45. The molecule has 3 rings (SSSR count). The number of halogens is 1. The molecule has 0 radical (unpaired) electrons. The number of nitrogens with one attached hydrogen (secondary N) is 2. The Morgan fingerprint density at radius 3 is 3.00 bits per heavy atom. The highest BCUT2D eigenvalue weighted by Crippen LogP contribution is 2.18. The Bertz CT molecular complexity index is 500. The summed E-state index contributed by atoms with van der Waals surface area (Å²) in [5.74, 6) is 0.748. The van der Waals surface area contributed by atoms with Crippen LogP contribution in [0.2, 0.25) is 0 Å². The van der Waals surface area contributed by atoms with Gasteiger partial charge in [0.25, 0.3) is 0 Å². The van der Waals surface area contributed by atoms with E-state index in [0.29, 0.717) is 5.92 Å². The number of carbonyl (C=O) groups is 1. The summed E-state index contributed by atoms with van der Waals surface area (Å²) >= 11 is 0. The van der Waals surface area contributed by atoms with Crippen LogP contribution in [0.15, 0.2) is 12.4 Å². The average Bonchev–Trinajstić information content (AvgIpc) is 3.17. The average molecular weight is 342 g/mol. The van der Waals surface area contributed by atoms with Crippen molar-refractivity contribution in [2.24, 2.45) is 13.0 Å². The van der Waals surface area contributed by atoms with Crippen LogP contribution in [0.3, 0.4) is 0 Å². The Labute approximate surface area is 144 Å². The van der Waals surface area contributed by atoms with Crippen LogP contribution in [0.5, 0.6) is 0 Å². The Balaban J connectivity index is 0.00000192. The minimum Gasteiger partial charge on any atom is -0.354 e. The maximum absolute atomic E-state index is 12.1. The summed E-state index contributed by atoms with van der Waals surface area (Å²) in [5, 5.41) is 10.6. The number of aromatic nitrogens is 2. The first kappa shape index (κ1) is 18.2. The van der Waals surface area contributed by atoms with Gasteiger partial charge in [0, 0.05) is 38.4 Å². The van der Waals surface area contributed by atoms with E-state index >= 15 is 0 Å². The molecule has 0 aromatic carbocycles. The monoisotopic (exact) mass is 341 g/mol. The maximum atomic E-state index is 12.1. The van der Waals surface area contributed by atoms with Gasteiger partial charge in [-0.1, -0.05) is 0 Å². The topological polar surface area (TPSA) is 62.2 Å². The highest BCUT2D eigenvalue weighted by Gasteiger charge is 2.24. The second-order valence-electron chi connectivity index (χ2n) is 6.66. The first-order valence-corrected chi connectivity index (χ1v) is 8.41. The number of nitrogens with zero attached hydrogens (tertiary/aromatic N) is 3. The fourth-order valence-corrected chi connectivity index (χ4v) is 3.55. The molecule has 3 heterocycles. The van der Waals surface area contributed by atoms with E-state index in [0.717, 1.165) is 45.6 Å². The lowest BCUT2D eigenvalue weighted by molar-refractivity contribution is -0.123. The van der Waals surface area contributed by atoms with Crippen molar-refractivity contribution < 1.29 is 4.79 Å². The highest BCUT2D eigenvalue weighted by atomic mass is 35.5. The molecule has 1 aromatic rings. The SMILES string of the molecule is Cl.Cn1cc(CN2CCCC(CNC(=O)C3CCCN3)C2)cn1. The minimum atomic E-state index is 0. The second kappa shape index (κ2) is 8.66. The van der Waals surface area contributed by atoms with Gasteiger partial charge in [-0.25, -0.2) is 0 Å². The third kappa shape index (κ3) is 5.19. The van der Waals surface area contributed by atoms with E-state index < -0.39 is 0 Å². The van der Waals surface area contributed by atoms with Gasteiger partial charge in [-0.05, 0) is 44.7 Å². The number of amides is 1. The largest absolute Gasteiger partial charge is 0.354 e. The Morgan fingerprint density at radius 1 is 1.43 bits per heavy atom. The number of aryl methyl sites for hydroxylation is 1. The molecule has 2 aliphatic rings. The van der Waals surface area contributed by atoms with Crippen LogP contribution in [-0.2, 0) is 18.4 Å². The fraction of sp³-hybridized carbons (Fsp3) is 0.750. The van der Waals surface area contributed by atoms with Crippen molar-refractivity contribution in [3.8, 4) is 0 Å². The molecule has 7 heteroatoms. The number of likely N-dealkylation sites (tertiary alicyclic amines) is 1. The molecule has 0 aliphatic carbocycles. The van der Waals surface area contributed by atoms with Crippen molar-refractivity contribution in [2.45, 2.75) is 38.3 Å². The van der Waals surface area contributed by atoms with Crippen LogP contribution in [-0.4, -0.2) is 52.8 Å². The predicted octanol–water partition coefficient (Wildman–Crippen LogP) is 0.922. The van der Waals surface area contributed by atoms with Crippen molar-refractivity contribution in [3.63, 3.8) is 0 Å². The molecule has 2 fully saturated rings. The summed E-state index contributed by atoms with van der Waals surface area (Å²) in [6.07, 6.45) is 8.53. The van der Waals surface area contributed by atoms with Crippen LogP contribution >= 0.6 is 12.4 Å². The number of hydrogen-bond donors (Lipinski definition) is 2. The standard InChI is InChI=1S/C16H27N5O.ClH/c1-20-10-14(9-19-20)12-21-7-3-4-13(11-21)8-18-16(22)15-5-2-6-17-15;/h9-10,13,15,17H,2-8,11-12H2,1H3,(H,18,22);1H. The number of hydrogen-bond acceptors (Lipinski definition) is 4. The lowest BCUT2D eigenvalue weighted by atomic mass is 9.97. The highest BCUT2D eigenvalue weighted by molar-refractivity contribution is 5.85. The number of piperidine rings is 1. The van der Waals surface area contributed by atoms with Gasteiger partial charge in [0.05, 0.1) is 12.2 Å². The van der Waals surface area contributed by atoms with Gasteiger partial charge < -0.3 is 10.6 Å². The molecule has 6 nitrogen and oxygen atoms in total. The van der Waals surface area contributed by atoms with Crippen LogP contribution in [0.4, 0.5) is 0 Å². The zero-order chi connectivity index (χ0) is 15.4. The third-order valence-corrected chi connectivity index (χ3v) is 4.71. The fourth-order valence-electron chi connectivity index (χ4n) is 3.55. The quantitative estimate of drug-likeness (QED) is 0.836. The normalized spacial score (nSPS) is 25.1. The van der Waals surface area contributed by atoms with Gasteiger partial charge in [0.1, 0.15) is 0 Å². The molecule has 2 aliphatic heterocycles. The molecular weight excluding hydrogens is 314 g/mol. The Hall–Kier alpha value is -1.11. The van der Waals surface area contributed by atoms with E-state index in [1.54, 1.807) is 0 Å². The predicted molar refractivity (Wildman–Crippen MR) is 92.5 cm³/mol. The van der Waals surface area contributed by atoms with Crippen LogP contribution in [0.1, 0.15) is 31.2 Å². The first-order valence-electron chi connectivity index (χ1n) is 8.41. The zero-order valence-electron chi connectivity index (χ0n) is 13.8. The Morgan fingerprint density at radius 2 is 2.30 bits per heavy atom. The molecule has 0 saturated carbocycles. The van der Waals surface area contributed by atoms with Crippen LogP contribution in [0, 0.1) is 5.92 Å². The van der Waals surface area contributed by atoms with Gasteiger partial charge in [-0.3, -0.25) is 14.4 Å². The van der Waals surface area contributed by atoms with E-state index in [1.165, 1.54) is 18.4 Å². The van der Waals surface area contributed by atoms with E-state index in [-0.39, 0.29) is 24.4 Å². The molecule has 2 N–H and O–H groups in total. The summed E-state index contributed by atoms with van der Waals surface area (Å²) in [4.78, 5) is 14.5. The van der Waals surface area contributed by atoms with Crippen LogP contribution in [0.25, 0.3) is 0 Å². The molecular formula is C16H28ClN5O. The van der Waals surface area contributed by atoms with E-state index in [4.69, 9.17) is 0 Å². The van der Waals surface area contributed by atoms with Gasteiger partial charge >= 0.3 is 0 Å². The number of carbonyl (C=O) groups excluding carboxylic acids is 1. The molecule has 1 aromatic heterocycles. The molecule has 0 spiro atoms. The van der Waals surface area contributed by atoms with Crippen molar-refractivity contribution in [2.75, 3.05) is 26.2 Å². The zero-order valence-corrected chi connectivity index (χ0v) is 14.6. The maximum Gasteiger partial charge on any atom is 0.237 e. The van der Waals surface area contributed by atoms with Gasteiger partial charge in [0.15, 0.2) is 0 Å². The van der Waals surface area contributed by atoms with Crippen molar-refractivity contribution in [1.29, 1.82) is 0 Å². The molecule has 23 heavy (non-hydrogen) atoms. The minimum absolute atomic E-state index is 0. The van der Waals surface area contributed by atoms with Crippen molar-refractivity contribution in [3.05, 3.63) is 18.0 Å². The third-order valence-electron chi connectivity index (χ3n) is 4.71. The summed E-state index contributed by atoms with van der Waals surface area (Å²) < 4.78 is 1.85. The first-order chi connectivity index (χ1) is 10.7. The van der Waals surface area contributed by atoms with Crippen LogP contribution < -0.4 is 10.6 Å².